The van der Waals surface area contributed by atoms with Gasteiger partial charge in [0.15, 0.2) is 5.78 Å². The van der Waals surface area contributed by atoms with Crippen LogP contribution in [0.25, 0.3) is 0 Å². The normalized spacial score (nSPS) is 10.4. The standard InChI is InChI=1S/C8H13O/c1-3-5-6-7-8(9)4-2/h6-7H,2-5H2,1H3. The van der Waals surface area contributed by atoms with Crippen LogP contribution >= 0.6 is 0 Å². The molecule has 0 aromatic rings. The fraction of sp³-hybridized carbons (Fsp3) is 0.500. The lowest BCUT2D eigenvalue weighted by Gasteiger charge is -1.83. The fourth-order valence-electron chi connectivity index (χ4n) is 0.465. The first kappa shape index (κ1) is 8.41. The zero-order chi connectivity index (χ0) is 7.11. The van der Waals surface area contributed by atoms with Gasteiger partial charge in [-0.1, -0.05) is 19.4 Å². The van der Waals surface area contributed by atoms with Crippen molar-refractivity contribution in [3.8, 4) is 0 Å². The van der Waals surface area contributed by atoms with Gasteiger partial charge in [-0.25, -0.2) is 0 Å². The second-order valence-corrected chi connectivity index (χ2v) is 1.91. The molecule has 0 unspecified atom stereocenters. The molecule has 0 aromatic heterocycles. The van der Waals surface area contributed by atoms with Crippen LogP contribution in [-0.2, 0) is 4.79 Å². The molecule has 9 heavy (non-hydrogen) atoms. The monoisotopic (exact) mass is 125 g/mol. The number of rotatable bonds is 4. The molecular weight excluding hydrogens is 112 g/mol. The van der Waals surface area contributed by atoms with Gasteiger partial charge in [0.2, 0.25) is 0 Å². The predicted octanol–water partition coefficient (Wildman–Crippen LogP) is 2.14. The van der Waals surface area contributed by atoms with E-state index in [-0.39, 0.29) is 5.78 Å². The molecule has 0 N–H and O–H groups in total. The van der Waals surface area contributed by atoms with E-state index in [1.807, 2.05) is 6.08 Å². The minimum absolute atomic E-state index is 0.114. The van der Waals surface area contributed by atoms with Gasteiger partial charge < -0.3 is 0 Å². The lowest BCUT2D eigenvalue weighted by molar-refractivity contribution is -0.113. The van der Waals surface area contributed by atoms with Crippen molar-refractivity contribution in [2.75, 3.05) is 0 Å². The molecule has 1 nitrogen and oxygen atoms in total. The molecule has 0 amide bonds. The Bertz CT molecular complexity index is 103. The van der Waals surface area contributed by atoms with Gasteiger partial charge in [-0.15, -0.1) is 0 Å². The highest BCUT2D eigenvalue weighted by Crippen LogP contribution is 1.89. The number of unbranched alkanes of at least 4 members (excludes halogenated alkanes) is 1. The molecule has 51 valence electrons. The first-order valence-electron chi connectivity index (χ1n) is 3.30. The third kappa shape index (κ3) is 5.28. The van der Waals surface area contributed by atoms with E-state index in [9.17, 15) is 4.79 Å². The van der Waals surface area contributed by atoms with Gasteiger partial charge >= 0.3 is 0 Å². The highest BCUT2D eigenvalue weighted by atomic mass is 16.1. The molecule has 0 aliphatic heterocycles. The van der Waals surface area contributed by atoms with E-state index >= 15 is 0 Å². The third-order valence-electron chi connectivity index (χ3n) is 1.01. The van der Waals surface area contributed by atoms with Gasteiger partial charge in [0.25, 0.3) is 0 Å². The number of ketones is 1. The van der Waals surface area contributed by atoms with Crippen LogP contribution in [0.15, 0.2) is 12.2 Å². The third-order valence-corrected chi connectivity index (χ3v) is 1.01. The van der Waals surface area contributed by atoms with Crippen LogP contribution in [0.3, 0.4) is 0 Å². The van der Waals surface area contributed by atoms with Gasteiger partial charge in [0.05, 0.1) is 0 Å². The largest absolute Gasteiger partial charge is 0.295 e. The molecule has 0 aliphatic rings. The Kier molecular flexibility index (Phi) is 5.18. The summed E-state index contributed by atoms with van der Waals surface area (Å²) in [6.07, 6.45) is 5.97. The van der Waals surface area contributed by atoms with Gasteiger partial charge in [-0.05, 0) is 19.4 Å². The van der Waals surface area contributed by atoms with E-state index < -0.39 is 0 Å². The van der Waals surface area contributed by atoms with Crippen molar-refractivity contribution in [1.29, 1.82) is 0 Å². The lowest BCUT2D eigenvalue weighted by atomic mass is 10.2. The average Bonchev–Trinajstić information content (AvgIpc) is 1.89. The Labute approximate surface area is 56.8 Å². The molecule has 0 aromatic carbocycles. The summed E-state index contributed by atoms with van der Waals surface area (Å²) in [7, 11) is 0. The quantitative estimate of drug-likeness (QED) is 0.526. The van der Waals surface area contributed by atoms with Crippen molar-refractivity contribution in [3.05, 3.63) is 19.1 Å². The molecule has 0 heterocycles. The summed E-state index contributed by atoms with van der Waals surface area (Å²) in [5, 5.41) is 0. The molecular formula is C8H13O. The van der Waals surface area contributed by atoms with E-state index in [0.717, 1.165) is 12.8 Å². The van der Waals surface area contributed by atoms with Crippen molar-refractivity contribution >= 4 is 5.78 Å². The van der Waals surface area contributed by atoms with E-state index in [1.165, 1.54) is 0 Å². The van der Waals surface area contributed by atoms with Crippen LogP contribution in [0.4, 0.5) is 0 Å². The summed E-state index contributed by atoms with van der Waals surface area (Å²) < 4.78 is 0. The molecule has 0 bridgehead atoms. The Balaban J connectivity index is 3.32. The maximum Gasteiger partial charge on any atom is 0.155 e. The highest BCUT2D eigenvalue weighted by Gasteiger charge is 1.86. The Morgan fingerprint density at radius 1 is 1.67 bits per heavy atom. The topological polar surface area (TPSA) is 17.1 Å². The summed E-state index contributed by atoms with van der Waals surface area (Å²) in [5.74, 6) is 0.114. The Morgan fingerprint density at radius 3 is 2.78 bits per heavy atom. The first-order chi connectivity index (χ1) is 4.31. The van der Waals surface area contributed by atoms with Gasteiger partial charge in [0, 0.05) is 6.42 Å². The number of carbonyl (C=O) groups is 1. The molecule has 0 spiro atoms. The van der Waals surface area contributed by atoms with Crippen LogP contribution in [0.5, 0.6) is 0 Å². The molecule has 0 atom stereocenters. The smallest absolute Gasteiger partial charge is 0.155 e. The van der Waals surface area contributed by atoms with Crippen molar-refractivity contribution in [3.63, 3.8) is 0 Å². The van der Waals surface area contributed by atoms with Crippen molar-refractivity contribution in [2.24, 2.45) is 0 Å². The maximum absolute atomic E-state index is 10.5. The van der Waals surface area contributed by atoms with Crippen LogP contribution in [-0.4, -0.2) is 5.78 Å². The van der Waals surface area contributed by atoms with E-state index in [1.54, 1.807) is 6.08 Å². The van der Waals surface area contributed by atoms with Gasteiger partial charge in [-0.2, -0.15) is 0 Å². The second kappa shape index (κ2) is 5.54. The van der Waals surface area contributed by atoms with Gasteiger partial charge in [0.1, 0.15) is 0 Å². The molecule has 0 rings (SSSR count). The minimum atomic E-state index is 0.114. The number of carbonyl (C=O) groups excluding carboxylic acids is 1. The lowest BCUT2D eigenvalue weighted by Crippen LogP contribution is -1.86. The van der Waals surface area contributed by atoms with Gasteiger partial charge in [-0.3, -0.25) is 4.79 Å². The van der Waals surface area contributed by atoms with Crippen LogP contribution in [0.1, 0.15) is 26.2 Å². The summed E-state index contributed by atoms with van der Waals surface area (Å²) in [6.45, 7) is 5.55. The predicted molar refractivity (Wildman–Crippen MR) is 39.0 cm³/mol. The molecule has 1 heteroatoms. The fourth-order valence-corrected chi connectivity index (χ4v) is 0.465. The first-order valence-corrected chi connectivity index (χ1v) is 3.30. The zero-order valence-corrected chi connectivity index (χ0v) is 5.89. The SMILES string of the molecule is [CH2]CC(=O)C=CCCC. The Hall–Kier alpha value is -0.590. The number of hydrogen-bond donors (Lipinski definition) is 0. The highest BCUT2D eigenvalue weighted by molar-refractivity contribution is 5.89. The summed E-state index contributed by atoms with van der Waals surface area (Å²) >= 11 is 0. The van der Waals surface area contributed by atoms with Crippen molar-refractivity contribution < 1.29 is 4.79 Å². The molecule has 1 radical (unpaired) electrons. The van der Waals surface area contributed by atoms with Crippen molar-refractivity contribution in [1.82, 2.24) is 0 Å². The molecule has 0 saturated heterocycles. The van der Waals surface area contributed by atoms with E-state index in [4.69, 9.17) is 0 Å². The summed E-state index contributed by atoms with van der Waals surface area (Å²) in [6, 6.07) is 0. The molecule has 0 aliphatic carbocycles. The zero-order valence-electron chi connectivity index (χ0n) is 5.89. The summed E-state index contributed by atoms with van der Waals surface area (Å²) in [5.41, 5.74) is 0. The molecule has 0 fully saturated rings. The van der Waals surface area contributed by atoms with Crippen LogP contribution < -0.4 is 0 Å². The average molecular weight is 125 g/mol. The second-order valence-electron chi connectivity index (χ2n) is 1.91. The Morgan fingerprint density at radius 2 is 2.33 bits per heavy atom. The van der Waals surface area contributed by atoms with Crippen LogP contribution in [0.2, 0.25) is 0 Å². The molecule has 0 saturated carbocycles. The van der Waals surface area contributed by atoms with Crippen LogP contribution in [0, 0.1) is 6.92 Å². The van der Waals surface area contributed by atoms with E-state index in [0.29, 0.717) is 6.42 Å². The van der Waals surface area contributed by atoms with E-state index in [2.05, 4.69) is 13.8 Å². The number of allylic oxidation sites excluding steroid dienone is 2. The maximum atomic E-state index is 10.5. The number of hydrogen-bond acceptors (Lipinski definition) is 1. The minimum Gasteiger partial charge on any atom is -0.295 e. The van der Waals surface area contributed by atoms with Crippen molar-refractivity contribution in [2.45, 2.75) is 26.2 Å². The summed E-state index contributed by atoms with van der Waals surface area (Å²) in [4.78, 5) is 10.5.